The van der Waals surface area contributed by atoms with E-state index in [0.717, 1.165) is 22.3 Å². The van der Waals surface area contributed by atoms with Gasteiger partial charge in [-0.05, 0) is 0 Å². The summed E-state index contributed by atoms with van der Waals surface area (Å²) in [5.74, 6) is 0. The van der Waals surface area contributed by atoms with Crippen LogP contribution < -0.4 is 10.6 Å². The quantitative estimate of drug-likeness (QED) is 0.474. The molecule has 0 spiro atoms. The van der Waals surface area contributed by atoms with Gasteiger partial charge in [-0.1, -0.05) is 0 Å². The van der Waals surface area contributed by atoms with Crippen molar-refractivity contribution in [3.05, 3.63) is 58.7 Å². The van der Waals surface area contributed by atoms with Crippen LogP contribution in [0.4, 0.5) is 0 Å². The summed E-state index contributed by atoms with van der Waals surface area (Å²) in [5, 5.41) is 0.585. The SMILES string of the molecule is CC(C)(C)c1cccc(C(C)(C)C)c1P(O)(O)(O)c1c(C(C)(C)C)cccc1C(C)(C)C. The molecule has 0 radical (unpaired) electrons. The Kier molecular flexibility index (Phi) is 6.44. The molecule has 3 nitrogen and oxygen atoms in total. The summed E-state index contributed by atoms with van der Waals surface area (Å²) in [7, 11) is -5.59. The van der Waals surface area contributed by atoms with E-state index in [-0.39, 0.29) is 0 Å². The van der Waals surface area contributed by atoms with Gasteiger partial charge in [-0.3, -0.25) is 0 Å². The molecule has 0 unspecified atom stereocenters. The Morgan fingerprint density at radius 1 is 0.438 bits per heavy atom. The monoisotopic (exact) mass is 460 g/mol. The summed E-state index contributed by atoms with van der Waals surface area (Å²) in [6.07, 6.45) is 0. The van der Waals surface area contributed by atoms with Crippen LogP contribution in [0.1, 0.15) is 105 Å². The summed E-state index contributed by atoms with van der Waals surface area (Å²) in [5.41, 5.74) is 1.47. The van der Waals surface area contributed by atoms with Crippen LogP contribution in [0.25, 0.3) is 0 Å². The predicted octanol–water partition coefficient (Wildman–Crippen LogP) is 6.10. The van der Waals surface area contributed by atoms with Crippen LogP contribution in [0.2, 0.25) is 0 Å². The van der Waals surface area contributed by atoms with Crippen molar-refractivity contribution >= 4 is 17.9 Å². The van der Waals surface area contributed by atoms with Gasteiger partial charge >= 0.3 is 196 Å². The molecule has 2 rings (SSSR count). The molecule has 3 N–H and O–H groups in total. The minimum absolute atomic E-state index is 0.292. The molecule has 0 aliphatic carbocycles. The summed E-state index contributed by atoms with van der Waals surface area (Å²) in [4.78, 5) is 37.0. The van der Waals surface area contributed by atoms with E-state index in [9.17, 15) is 14.7 Å². The number of rotatable bonds is 2. The van der Waals surface area contributed by atoms with Gasteiger partial charge < -0.3 is 0 Å². The van der Waals surface area contributed by atoms with Crippen LogP contribution in [-0.4, -0.2) is 14.7 Å². The van der Waals surface area contributed by atoms with E-state index in [1.54, 1.807) is 0 Å². The molecule has 32 heavy (non-hydrogen) atoms. The Hall–Kier alpha value is -1.25. The topological polar surface area (TPSA) is 60.7 Å². The Balaban J connectivity index is 3.24. The van der Waals surface area contributed by atoms with Crippen LogP contribution in [0.3, 0.4) is 0 Å². The molecular formula is C28H45O3P. The van der Waals surface area contributed by atoms with E-state index in [1.807, 2.05) is 119 Å². The van der Waals surface area contributed by atoms with Crippen molar-refractivity contribution in [3.8, 4) is 0 Å². The Labute approximate surface area is 196 Å². The fourth-order valence-corrected chi connectivity index (χ4v) is 8.14. The standard InChI is InChI=1S/C28H45O3P/c1-25(2,3)19-15-13-16-20(26(4,5)6)23(19)32(29,30,31)24-21(27(7,8)9)17-14-18-22(24)28(10,11)12/h13-18,29-31H,1-12H3. The Morgan fingerprint density at radius 3 is 0.781 bits per heavy atom. The number of hydrogen-bond acceptors (Lipinski definition) is 3. The summed E-state index contributed by atoms with van der Waals surface area (Å²) >= 11 is 0. The van der Waals surface area contributed by atoms with Crippen LogP contribution in [0.15, 0.2) is 36.4 Å². The van der Waals surface area contributed by atoms with Crippen molar-refractivity contribution in [1.82, 2.24) is 0 Å². The second kappa shape index (κ2) is 7.64. The molecule has 2 aromatic rings. The fraction of sp³-hybridized carbons (Fsp3) is 0.571. The van der Waals surface area contributed by atoms with Crippen LogP contribution in [-0.2, 0) is 21.7 Å². The van der Waals surface area contributed by atoms with Crippen LogP contribution in [0.5, 0.6) is 0 Å². The molecule has 0 atom stereocenters. The van der Waals surface area contributed by atoms with Crippen molar-refractivity contribution < 1.29 is 14.7 Å². The van der Waals surface area contributed by atoms with Gasteiger partial charge in [0.25, 0.3) is 0 Å². The Bertz CT molecular complexity index is 855. The molecule has 0 fully saturated rings. The van der Waals surface area contributed by atoms with Gasteiger partial charge in [-0.15, -0.1) is 0 Å². The molecule has 0 amide bonds. The van der Waals surface area contributed by atoms with Crippen molar-refractivity contribution in [2.75, 3.05) is 0 Å². The molecule has 2 aromatic carbocycles. The number of benzene rings is 2. The third kappa shape index (κ3) is 4.97. The molecule has 0 aliphatic heterocycles. The van der Waals surface area contributed by atoms with Gasteiger partial charge in [0.15, 0.2) is 0 Å². The molecule has 180 valence electrons. The van der Waals surface area contributed by atoms with Gasteiger partial charge in [0.05, 0.1) is 0 Å². The maximum absolute atomic E-state index is 12.3. The molecule has 0 aromatic heterocycles. The molecule has 0 heterocycles. The van der Waals surface area contributed by atoms with Gasteiger partial charge in [-0.2, -0.15) is 0 Å². The van der Waals surface area contributed by atoms with Gasteiger partial charge in [0.2, 0.25) is 0 Å². The first-order valence-corrected chi connectivity index (χ1v) is 13.6. The van der Waals surface area contributed by atoms with Crippen molar-refractivity contribution in [2.45, 2.75) is 105 Å². The molecule has 0 saturated carbocycles. The normalized spacial score (nSPS) is 15.4. The van der Waals surface area contributed by atoms with Crippen molar-refractivity contribution in [3.63, 3.8) is 0 Å². The van der Waals surface area contributed by atoms with E-state index in [4.69, 9.17) is 0 Å². The van der Waals surface area contributed by atoms with Gasteiger partial charge in [-0.25, -0.2) is 0 Å². The molecular weight excluding hydrogens is 415 g/mol. The first-order chi connectivity index (χ1) is 14.0. The van der Waals surface area contributed by atoms with E-state index in [0.29, 0.717) is 10.6 Å². The average molecular weight is 461 g/mol. The van der Waals surface area contributed by atoms with E-state index in [1.165, 1.54) is 0 Å². The zero-order valence-electron chi connectivity index (χ0n) is 22.3. The van der Waals surface area contributed by atoms with Gasteiger partial charge in [0.1, 0.15) is 0 Å². The van der Waals surface area contributed by atoms with E-state index < -0.39 is 28.9 Å². The van der Waals surface area contributed by atoms with Crippen molar-refractivity contribution in [2.24, 2.45) is 0 Å². The average Bonchev–Trinajstić information content (AvgIpc) is 2.57. The Morgan fingerprint density at radius 2 is 0.625 bits per heavy atom. The zero-order valence-corrected chi connectivity index (χ0v) is 23.1. The predicted molar refractivity (Wildman–Crippen MR) is 141 cm³/mol. The third-order valence-corrected chi connectivity index (χ3v) is 8.74. The van der Waals surface area contributed by atoms with E-state index >= 15 is 0 Å². The molecule has 0 saturated heterocycles. The first kappa shape index (κ1) is 27.0. The summed E-state index contributed by atoms with van der Waals surface area (Å²) < 4.78 is 0. The second-order valence-corrected chi connectivity index (χ2v) is 16.2. The maximum atomic E-state index is 12.3. The van der Waals surface area contributed by atoms with E-state index in [2.05, 4.69) is 0 Å². The first-order valence-electron chi connectivity index (χ1n) is 11.5. The van der Waals surface area contributed by atoms with Gasteiger partial charge in [0, 0.05) is 0 Å². The minimum atomic E-state index is -5.59. The third-order valence-electron chi connectivity index (χ3n) is 6.13. The summed E-state index contributed by atoms with van der Waals surface area (Å²) in [6.45, 7) is 24.6. The summed E-state index contributed by atoms with van der Waals surface area (Å²) in [6, 6.07) is 11.6. The van der Waals surface area contributed by atoms with Crippen LogP contribution >= 0.6 is 7.28 Å². The molecule has 4 heteroatoms. The second-order valence-electron chi connectivity index (χ2n) is 13.4. The zero-order chi connectivity index (χ0) is 25.2. The molecule has 0 aliphatic rings. The van der Waals surface area contributed by atoms with Crippen LogP contribution in [0, 0.1) is 0 Å². The molecule has 0 bridgehead atoms. The van der Waals surface area contributed by atoms with Crippen molar-refractivity contribution in [1.29, 1.82) is 0 Å². The number of hydrogen-bond donors (Lipinski definition) is 3. The fourth-order valence-electron chi connectivity index (χ4n) is 4.51.